The van der Waals surface area contributed by atoms with Crippen molar-refractivity contribution in [2.45, 2.75) is 25.8 Å². The van der Waals surface area contributed by atoms with Gasteiger partial charge in [-0.3, -0.25) is 4.40 Å². The van der Waals surface area contributed by atoms with Gasteiger partial charge in [0.1, 0.15) is 6.54 Å². The number of aliphatic imine (C=N–C) groups is 1. The van der Waals surface area contributed by atoms with Crippen molar-refractivity contribution in [1.82, 2.24) is 24.8 Å². The molecule has 0 radical (unpaired) electrons. The number of nitrogens with zero attached hydrogens (tertiary/aromatic N) is 5. The Morgan fingerprint density at radius 3 is 2.78 bits per heavy atom. The molecule has 1 aliphatic heterocycles. The first kappa shape index (κ1) is 19.6. The number of hydrogen-bond donors (Lipinski definition) is 1. The minimum atomic E-state index is 0. The number of aromatic nitrogens is 3. The van der Waals surface area contributed by atoms with Crippen molar-refractivity contribution in [3.63, 3.8) is 0 Å². The first-order valence-electron chi connectivity index (χ1n) is 9.22. The van der Waals surface area contributed by atoms with Crippen molar-refractivity contribution in [2.75, 3.05) is 19.6 Å². The van der Waals surface area contributed by atoms with Gasteiger partial charge in [-0.05, 0) is 31.0 Å². The monoisotopic (exact) mass is 476 g/mol. The molecule has 1 atom stereocenters. The number of likely N-dealkylation sites (tertiary alicyclic amines) is 1. The Balaban J connectivity index is 0.00000210. The van der Waals surface area contributed by atoms with Crippen LogP contribution in [0, 0.1) is 0 Å². The van der Waals surface area contributed by atoms with E-state index in [-0.39, 0.29) is 24.0 Å². The van der Waals surface area contributed by atoms with Crippen LogP contribution >= 0.6 is 24.0 Å². The Morgan fingerprint density at radius 1 is 1.15 bits per heavy atom. The Bertz CT molecular complexity index is 892. The van der Waals surface area contributed by atoms with Gasteiger partial charge in [0.05, 0.1) is 0 Å². The highest BCUT2D eigenvalue weighted by Crippen LogP contribution is 2.26. The molecule has 1 saturated heterocycles. The molecule has 0 aliphatic carbocycles. The standard InChI is InChI=1S/C20H24N6.HI/c1-2-21-20(22-14-19-24-23-18-10-6-7-12-26(18)19)25-13-11-17(15-25)16-8-4-3-5-9-16;/h3-10,12,17H,2,11,13-15H2,1H3,(H,21,22);1H. The zero-order valence-corrected chi connectivity index (χ0v) is 17.8. The first-order valence-corrected chi connectivity index (χ1v) is 9.22. The molecule has 3 heterocycles. The number of halogens is 1. The molecule has 2 aromatic heterocycles. The minimum absolute atomic E-state index is 0. The maximum atomic E-state index is 4.82. The summed E-state index contributed by atoms with van der Waals surface area (Å²) in [7, 11) is 0. The summed E-state index contributed by atoms with van der Waals surface area (Å²) in [6, 6.07) is 16.7. The van der Waals surface area contributed by atoms with Crippen molar-refractivity contribution >= 4 is 35.6 Å². The maximum Gasteiger partial charge on any atom is 0.194 e. The average Bonchev–Trinajstić information content (AvgIpc) is 3.33. The lowest BCUT2D eigenvalue weighted by Crippen LogP contribution is -2.40. The van der Waals surface area contributed by atoms with E-state index in [1.807, 2.05) is 28.8 Å². The predicted octanol–water partition coefficient (Wildman–Crippen LogP) is 3.30. The third-order valence-electron chi connectivity index (χ3n) is 4.85. The molecule has 7 heteroatoms. The highest BCUT2D eigenvalue weighted by molar-refractivity contribution is 14.0. The van der Waals surface area contributed by atoms with Gasteiger partial charge in [-0.1, -0.05) is 36.4 Å². The molecule has 1 unspecified atom stereocenters. The highest BCUT2D eigenvalue weighted by Gasteiger charge is 2.25. The summed E-state index contributed by atoms with van der Waals surface area (Å²) in [6.07, 6.45) is 3.14. The van der Waals surface area contributed by atoms with Crippen LogP contribution in [0.25, 0.3) is 5.65 Å². The molecule has 3 aromatic rings. The van der Waals surface area contributed by atoms with Crippen LogP contribution in [-0.4, -0.2) is 45.1 Å². The van der Waals surface area contributed by atoms with E-state index in [1.165, 1.54) is 5.56 Å². The van der Waals surface area contributed by atoms with Crippen LogP contribution in [0.5, 0.6) is 0 Å². The largest absolute Gasteiger partial charge is 0.357 e. The van der Waals surface area contributed by atoms with Crippen LogP contribution in [-0.2, 0) is 6.54 Å². The van der Waals surface area contributed by atoms with Gasteiger partial charge in [0.25, 0.3) is 0 Å². The van der Waals surface area contributed by atoms with Crippen LogP contribution in [0.4, 0.5) is 0 Å². The smallest absolute Gasteiger partial charge is 0.194 e. The Labute approximate surface area is 176 Å². The van der Waals surface area contributed by atoms with E-state index in [2.05, 4.69) is 57.7 Å². The Kier molecular flexibility index (Phi) is 6.65. The van der Waals surface area contributed by atoms with Crippen molar-refractivity contribution in [3.05, 3.63) is 66.1 Å². The molecule has 142 valence electrons. The van der Waals surface area contributed by atoms with E-state index >= 15 is 0 Å². The number of benzene rings is 1. The van der Waals surface area contributed by atoms with Gasteiger partial charge in [-0.2, -0.15) is 0 Å². The van der Waals surface area contributed by atoms with Gasteiger partial charge in [-0.15, -0.1) is 34.2 Å². The third-order valence-corrected chi connectivity index (χ3v) is 4.85. The minimum Gasteiger partial charge on any atom is -0.357 e. The molecule has 4 rings (SSSR count). The zero-order valence-electron chi connectivity index (χ0n) is 15.5. The lowest BCUT2D eigenvalue weighted by molar-refractivity contribution is 0.485. The van der Waals surface area contributed by atoms with E-state index in [9.17, 15) is 0 Å². The molecule has 0 saturated carbocycles. The molecule has 1 fully saturated rings. The molecule has 1 N–H and O–H groups in total. The second kappa shape index (κ2) is 9.16. The van der Waals surface area contributed by atoms with Crippen molar-refractivity contribution in [3.8, 4) is 0 Å². The molecule has 1 aromatic carbocycles. The second-order valence-corrected chi connectivity index (χ2v) is 6.56. The Morgan fingerprint density at radius 2 is 1.96 bits per heavy atom. The number of rotatable bonds is 4. The summed E-state index contributed by atoms with van der Waals surface area (Å²) in [6.45, 7) is 5.49. The van der Waals surface area contributed by atoms with E-state index in [0.717, 1.165) is 43.5 Å². The zero-order chi connectivity index (χ0) is 17.8. The van der Waals surface area contributed by atoms with Gasteiger partial charge in [0, 0.05) is 31.7 Å². The first-order chi connectivity index (χ1) is 12.8. The third kappa shape index (κ3) is 4.40. The molecule has 0 spiro atoms. The fraction of sp³-hybridized carbons (Fsp3) is 0.350. The molecule has 1 aliphatic rings. The van der Waals surface area contributed by atoms with Crippen LogP contribution in [0.15, 0.2) is 59.7 Å². The Hall–Kier alpha value is -2.16. The summed E-state index contributed by atoms with van der Waals surface area (Å²) >= 11 is 0. The lowest BCUT2D eigenvalue weighted by atomic mass is 9.99. The number of fused-ring (bicyclic) bond motifs is 1. The molecule has 6 nitrogen and oxygen atoms in total. The quantitative estimate of drug-likeness (QED) is 0.357. The molecule has 27 heavy (non-hydrogen) atoms. The van der Waals surface area contributed by atoms with Crippen LogP contribution in [0.2, 0.25) is 0 Å². The van der Waals surface area contributed by atoms with Crippen molar-refractivity contribution in [2.24, 2.45) is 4.99 Å². The van der Waals surface area contributed by atoms with E-state index in [0.29, 0.717) is 12.5 Å². The van der Waals surface area contributed by atoms with Gasteiger partial charge in [0.15, 0.2) is 17.4 Å². The maximum absolute atomic E-state index is 4.82. The van der Waals surface area contributed by atoms with Crippen molar-refractivity contribution < 1.29 is 0 Å². The number of nitrogens with one attached hydrogen (secondary N) is 1. The summed E-state index contributed by atoms with van der Waals surface area (Å²) < 4.78 is 1.99. The number of pyridine rings is 1. The summed E-state index contributed by atoms with van der Waals surface area (Å²) in [5, 5.41) is 11.9. The highest BCUT2D eigenvalue weighted by atomic mass is 127. The van der Waals surface area contributed by atoms with Crippen LogP contribution < -0.4 is 5.32 Å². The summed E-state index contributed by atoms with van der Waals surface area (Å²) in [5.41, 5.74) is 2.27. The SMILES string of the molecule is CCNC(=NCc1nnc2ccccn12)N1CCC(c2ccccc2)C1.I. The van der Waals surface area contributed by atoms with Crippen LogP contribution in [0.3, 0.4) is 0 Å². The second-order valence-electron chi connectivity index (χ2n) is 6.56. The number of hydrogen-bond acceptors (Lipinski definition) is 3. The summed E-state index contributed by atoms with van der Waals surface area (Å²) in [4.78, 5) is 7.18. The molecule has 0 bridgehead atoms. The fourth-order valence-electron chi connectivity index (χ4n) is 3.52. The van der Waals surface area contributed by atoms with Crippen molar-refractivity contribution in [1.29, 1.82) is 0 Å². The summed E-state index contributed by atoms with van der Waals surface area (Å²) in [5.74, 6) is 2.38. The molecular weight excluding hydrogens is 451 g/mol. The van der Waals surface area contributed by atoms with E-state index < -0.39 is 0 Å². The van der Waals surface area contributed by atoms with Gasteiger partial charge < -0.3 is 10.2 Å². The van der Waals surface area contributed by atoms with Gasteiger partial charge in [-0.25, -0.2) is 4.99 Å². The van der Waals surface area contributed by atoms with Crippen LogP contribution in [0.1, 0.15) is 30.7 Å². The number of guanidine groups is 1. The molecular formula is C20H25IN6. The average molecular weight is 476 g/mol. The van der Waals surface area contributed by atoms with Gasteiger partial charge in [0.2, 0.25) is 0 Å². The molecule has 0 amide bonds. The predicted molar refractivity (Wildman–Crippen MR) is 119 cm³/mol. The van der Waals surface area contributed by atoms with E-state index in [4.69, 9.17) is 4.99 Å². The fourth-order valence-corrected chi connectivity index (χ4v) is 3.52. The topological polar surface area (TPSA) is 57.8 Å². The van der Waals surface area contributed by atoms with Gasteiger partial charge >= 0.3 is 0 Å². The van der Waals surface area contributed by atoms with E-state index in [1.54, 1.807) is 0 Å². The lowest BCUT2D eigenvalue weighted by Gasteiger charge is -2.21. The normalized spacial score (nSPS) is 17.1.